The standard InChI is InChI=1S/C24H19FN2O4/c1-29-22-12-16(9-10-21(22)30-15-17-5-4-7-19(25)11-17)14-26-27-24(28)23-13-18-6-2-3-8-20(18)31-23/h2-14H,15H2,1H3,(H,27,28)/b26-14+. The molecule has 0 radical (unpaired) electrons. The highest BCUT2D eigenvalue weighted by molar-refractivity contribution is 5.96. The van der Waals surface area contributed by atoms with Crippen molar-refractivity contribution in [2.24, 2.45) is 5.10 Å². The van der Waals surface area contributed by atoms with Gasteiger partial charge in [0.2, 0.25) is 0 Å². The molecule has 0 aliphatic carbocycles. The third-order valence-electron chi connectivity index (χ3n) is 4.50. The van der Waals surface area contributed by atoms with Crippen LogP contribution in [0, 0.1) is 5.82 Å². The fourth-order valence-electron chi connectivity index (χ4n) is 2.99. The minimum absolute atomic E-state index is 0.178. The molecule has 4 rings (SSSR count). The second-order valence-electron chi connectivity index (χ2n) is 6.68. The smallest absolute Gasteiger partial charge is 0.307 e. The molecule has 7 heteroatoms. The summed E-state index contributed by atoms with van der Waals surface area (Å²) in [5, 5.41) is 4.82. The van der Waals surface area contributed by atoms with Crippen molar-refractivity contribution in [2.75, 3.05) is 7.11 Å². The highest BCUT2D eigenvalue weighted by atomic mass is 19.1. The lowest BCUT2D eigenvalue weighted by molar-refractivity contribution is 0.0929. The molecule has 1 N–H and O–H groups in total. The number of halogens is 1. The van der Waals surface area contributed by atoms with E-state index in [4.69, 9.17) is 13.9 Å². The number of para-hydroxylation sites is 1. The lowest BCUT2D eigenvalue weighted by Gasteiger charge is -2.11. The Hall–Kier alpha value is -4.13. The van der Waals surface area contributed by atoms with Crippen LogP contribution in [0.25, 0.3) is 11.0 Å². The predicted molar refractivity (Wildman–Crippen MR) is 115 cm³/mol. The van der Waals surface area contributed by atoms with Crippen molar-refractivity contribution in [1.29, 1.82) is 0 Å². The highest BCUT2D eigenvalue weighted by Crippen LogP contribution is 2.28. The second kappa shape index (κ2) is 9.13. The molecule has 156 valence electrons. The van der Waals surface area contributed by atoms with E-state index in [0.29, 0.717) is 28.2 Å². The molecule has 31 heavy (non-hydrogen) atoms. The lowest BCUT2D eigenvalue weighted by atomic mass is 10.2. The van der Waals surface area contributed by atoms with Crippen molar-refractivity contribution in [3.63, 3.8) is 0 Å². The summed E-state index contributed by atoms with van der Waals surface area (Å²) >= 11 is 0. The van der Waals surface area contributed by atoms with Gasteiger partial charge in [-0.3, -0.25) is 4.79 Å². The lowest BCUT2D eigenvalue weighted by Crippen LogP contribution is -2.16. The summed E-state index contributed by atoms with van der Waals surface area (Å²) in [7, 11) is 1.52. The van der Waals surface area contributed by atoms with Crippen molar-refractivity contribution in [2.45, 2.75) is 6.61 Å². The summed E-state index contributed by atoms with van der Waals surface area (Å²) in [6.07, 6.45) is 1.49. The average Bonchev–Trinajstić information content (AvgIpc) is 3.22. The molecule has 1 amide bonds. The van der Waals surface area contributed by atoms with Gasteiger partial charge >= 0.3 is 5.91 Å². The first-order chi connectivity index (χ1) is 15.1. The maximum absolute atomic E-state index is 13.3. The van der Waals surface area contributed by atoms with Crippen LogP contribution in [0.1, 0.15) is 21.7 Å². The molecule has 0 bridgehead atoms. The number of nitrogens with one attached hydrogen (secondary N) is 1. The monoisotopic (exact) mass is 418 g/mol. The summed E-state index contributed by atoms with van der Waals surface area (Å²) in [6.45, 7) is 0.203. The van der Waals surface area contributed by atoms with E-state index in [1.165, 1.54) is 25.5 Å². The highest BCUT2D eigenvalue weighted by Gasteiger charge is 2.11. The van der Waals surface area contributed by atoms with Gasteiger partial charge in [0, 0.05) is 5.39 Å². The minimum Gasteiger partial charge on any atom is -0.493 e. The van der Waals surface area contributed by atoms with Gasteiger partial charge in [0.25, 0.3) is 0 Å². The van der Waals surface area contributed by atoms with Crippen molar-refractivity contribution in [3.05, 3.63) is 95.5 Å². The number of hydrogen-bond acceptors (Lipinski definition) is 5. The van der Waals surface area contributed by atoms with E-state index >= 15 is 0 Å². The van der Waals surface area contributed by atoms with E-state index in [-0.39, 0.29) is 18.2 Å². The van der Waals surface area contributed by atoms with Crippen molar-refractivity contribution in [1.82, 2.24) is 5.43 Å². The van der Waals surface area contributed by atoms with Gasteiger partial charge in [0.05, 0.1) is 13.3 Å². The molecule has 6 nitrogen and oxygen atoms in total. The Kier molecular flexibility index (Phi) is 5.93. The van der Waals surface area contributed by atoms with Crippen molar-refractivity contribution < 1.29 is 23.1 Å². The third kappa shape index (κ3) is 4.90. The molecule has 1 aromatic heterocycles. The van der Waals surface area contributed by atoms with Crippen LogP contribution in [-0.4, -0.2) is 19.2 Å². The van der Waals surface area contributed by atoms with Gasteiger partial charge in [-0.05, 0) is 53.6 Å². The number of furan rings is 1. The van der Waals surface area contributed by atoms with E-state index in [1.54, 1.807) is 42.5 Å². The van der Waals surface area contributed by atoms with Crippen LogP contribution in [0.4, 0.5) is 4.39 Å². The zero-order valence-electron chi connectivity index (χ0n) is 16.7. The summed E-state index contributed by atoms with van der Waals surface area (Å²) in [5.41, 5.74) is 4.48. The molecule has 0 fully saturated rings. The Morgan fingerprint density at radius 2 is 1.94 bits per heavy atom. The number of carbonyl (C=O) groups excluding carboxylic acids is 1. The summed E-state index contributed by atoms with van der Waals surface area (Å²) in [6, 6.07) is 20.4. The molecule has 4 aromatic rings. The van der Waals surface area contributed by atoms with Gasteiger partial charge in [0.1, 0.15) is 18.0 Å². The Balaban J connectivity index is 1.39. The van der Waals surface area contributed by atoms with E-state index in [2.05, 4.69) is 10.5 Å². The normalized spacial score (nSPS) is 11.0. The number of amides is 1. The largest absolute Gasteiger partial charge is 0.493 e. The van der Waals surface area contributed by atoms with Crippen LogP contribution < -0.4 is 14.9 Å². The quantitative estimate of drug-likeness (QED) is 0.341. The molecule has 0 aliphatic rings. The molecule has 0 atom stereocenters. The molecule has 3 aromatic carbocycles. The maximum atomic E-state index is 13.3. The molecule has 0 saturated heterocycles. The molecule has 1 heterocycles. The van der Waals surface area contributed by atoms with Crippen molar-refractivity contribution in [3.8, 4) is 11.5 Å². The number of methoxy groups -OCH3 is 1. The number of benzene rings is 3. The maximum Gasteiger partial charge on any atom is 0.307 e. The van der Waals surface area contributed by atoms with E-state index in [1.807, 2.05) is 18.2 Å². The Bertz CT molecular complexity index is 1220. The van der Waals surface area contributed by atoms with Gasteiger partial charge in [0.15, 0.2) is 17.3 Å². The average molecular weight is 418 g/mol. The predicted octanol–water partition coefficient (Wildman–Crippen LogP) is 4.92. The number of hydrogen-bond donors (Lipinski definition) is 1. The summed E-state index contributed by atoms with van der Waals surface area (Å²) in [4.78, 5) is 12.2. The Labute approximate surface area is 177 Å². The van der Waals surface area contributed by atoms with E-state index in [0.717, 1.165) is 5.39 Å². The first-order valence-electron chi connectivity index (χ1n) is 9.49. The zero-order valence-corrected chi connectivity index (χ0v) is 16.7. The first kappa shape index (κ1) is 20.2. The minimum atomic E-state index is -0.450. The van der Waals surface area contributed by atoms with Gasteiger partial charge in [-0.25, -0.2) is 9.82 Å². The van der Waals surface area contributed by atoms with Gasteiger partial charge < -0.3 is 13.9 Å². The van der Waals surface area contributed by atoms with Crippen LogP contribution in [-0.2, 0) is 6.61 Å². The molecular formula is C24H19FN2O4. The summed E-state index contributed by atoms with van der Waals surface area (Å²) < 4.78 is 29.9. The number of nitrogens with zero attached hydrogens (tertiary/aromatic N) is 1. The number of fused-ring (bicyclic) bond motifs is 1. The Morgan fingerprint density at radius 1 is 1.06 bits per heavy atom. The van der Waals surface area contributed by atoms with E-state index < -0.39 is 5.91 Å². The van der Waals surface area contributed by atoms with Crippen LogP contribution in [0.5, 0.6) is 11.5 Å². The molecule has 0 aliphatic heterocycles. The molecular weight excluding hydrogens is 399 g/mol. The molecule has 0 unspecified atom stereocenters. The van der Waals surface area contributed by atoms with E-state index in [9.17, 15) is 9.18 Å². The Morgan fingerprint density at radius 3 is 2.74 bits per heavy atom. The topological polar surface area (TPSA) is 73.1 Å². The van der Waals surface area contributed by atoms with Crippen LogP contribution in [0.2, 0.25) is 0 Å². The number of carbonyl (C=O) groups is 1. The van der Waals surface area contributed by atoms with Gasteiger partial charge in [-0.15, -0.1) is 0 Å². The zero-order chi connectivity index (χ0) is 21.6. The first-order valence-corrected chi connectivity index (χ1v) is 9.49. The second-order valence-corrected chi connectivity index (χ2v) is 6.68. The number of hydrazone groups is 1. The van der Waals surface area contributed by atoms with Gasteiger partial charge in [-0.1, -0.05) is 30.3 Å². The SMILES string of the molecule is COc1cc(/C=N/NC(=O)c2cc3ccccc3o2)ccc1OCc1cccc(F)c1. The van der Waals surface area contributed by atoms with Crippen LogP contribution >= 0.6 is 0 Å². The molecule has 0 saturated carbocycles. The van der Waals surface area contributed by atoms with Gasteiger partial charge in [-0.2, -0.15) is 5.10 Å². The molecule has 0 spiro atoms. The van der Waals surface area contributed by atoms with Crippen LogP contribution in [0.3, 0.4) is 0 Å². The number of ether oxygens (including phenoxy) is 2. The fourth-order valence-corrected chi connectivity index (χ4v) is 2.99. The number of rotatable bonds is 7. The van der Waals surface area contributed by atoms with Crippen molar-refractivity contribution >= 4 is 23.1 Å². The summed E-state index contributed by atoms with van der Waals surface area (Å²) in [5.74, 6) is 0.412. The fraction of sp³-hybridized carbons (Fsp3) is 0.0833. The third-order valence-corrected chi connectivity index (χ3v) is 4.50. The van der Waals surface area contributed by atoms with Crippen LogP contribution in [0.15, 0.2) is 82.3 Å².